The highest BCUT2D eigenvalue weighted by Gasteiger charge is 2.42. The first-order valence-corrected chi connectivity index (χ1v) is 9.54. The highest BCUT2D eigenvalue weighted by atomic mass is 79.9. The zero-order chi connectivity index (χ0) is 15.8. The lowest BCUT2D eigenvalue weighted by molar-refractivity contribution is -0.183. The average molecular weight is 406 g/mol. The Morgan fingerprint density at radius 3 is 2.57 bits per heavy atom. The molecule has 0 aromatic carbocycles. The normalized spacial score (nSPS) is 24.2. The molecule has 21 heavy (non-hydrogen) atoms. The second-order valence-corrected chi connectivity index (χ2v) is 9.51. The van der Waals surface area contributed by atoms with Crippen LogP contribution >= 0.6 is 27.3 Å². The van der Waals surface area contributed by atoms with Gasteiger partial charge in [-0.3, -0.25) is 0 Å². The van der Waals surface area contributed by atoms with Crippen LogP contribution in [-0.2, 0) is 10.0 Å². The molecule has 1 aromatic heterocycles. The van der Waals surface area contributed by atoms with Crippen LogP contribution in [0.1, 0.15) is 30.6 Å². The van der Waals surface area contributed by atoms with Gasteiger partial charge >= 0.3 is 6.18 Å². The first-order valence-electron chi connectivity index (χ1n) is 6.44. The lowest BCUT2D eigenvalue weighted by Gasteiger charge is -2.30. The van der Waals surface area contributed by atoms with E-state index in [0.717, 1.165) is 0 Å². The van der Waals surface area contributed by atoms with E-state index >= 15 is 0 Å². The standard InChI is InChI=1S/C12H15BrF3NO2S2/c1-7-10(6-11(13)20-7)21(18,19)17-9-4-2-3-8(5-9)12(14,15)16/h6,8-9,17H,2-5H2,1H3. The molecule has 3 nitrogen and oxygen atoms in total. The third-order valence-corrected chi connectivity index (χ3v) is 6.92. The van der Waals surface area contributed by atoms with E-state index in [1.165, 1.54) is 17.4 Å². The molecule has 0 amide bonds. The molecule has 1 fully saturated rings. The molecule has 1 N–H and O–H groups in total. The monoisotopic (exact) mass is 405 g/mol. The van der Waals surface area contributed by atoms with Crippen molar-refractivity contribution in [3.8, 4) is 0 Å². The number of sulfonamides is 1. The molecule has 0 bridgehead atoms. The summed E-state index contributed by atoms with van der Waals surface area (Å²) in [5.74, 6) is -1.42. The van der Waals surface area contributed by atoms with Crippen molar-refractivity contribution in [1.82, 2.24) is 4.72 Å². The van der Waals surface area contributed by atoms with Gasteiger partial charge in [0.05, 0.1) is 14.6 Å². The summed E-state index contributed by atoms with van der Waals surface area (Å²) in [6.07, 6.45) is -3.55. The number of aryl methyl sites for hydroxylation is 1. The Labute approximate surface area is 134 Å². The lowest BCUT2D eigenvalue weighted by atomic mass is 9.86. The van der Waals surface area contributed by atoms with Gasteiger partial charge in [-0.1, -0.05) is 6.42 Å². The van der Waals surface area contributed by atoms with Crippen molar-refractivity contribution in [2.75, 3.05) is 0 Å². The lowest BCUT2D eigenvalue weighted by Crippen LogP contribution is -2.41. The maximum Gasteiger partial charge on any atom is 0.391 e. The van der Waals surface area contributed by atoms with Gasteiger partial charge in [-0.25, -0.2) is 13.1 Å². The molecular formula is C12H15BrF3NO2S2. The summed E-state index contributed by atoms with van der Waals surface area (Å²) in [7, 11) is -3.78. The SMILES string of the molecule is Cc1sc(Br)cc1S(=O)(=O)NC1CCCC(C(F)(F)F)C1. The zero-order valence-corrected chi connectivity index (χ0v) is 14.4. The van der Waals surface area contributed by atoms with E-state index in [2.05, 4.69) is 20.7 Å². The van der Waals surface area contributed by atoms with E-state index in [4.69, 9.17) is 0 Å². The van der Waals surface area contributed by atoms with Crippen LogP contribution in [0.4, 0.5) is 13.2 Å². The van der Waals surface area contributed by atoms with Gasteiger partial charge in [-0.05, 0) is 48.2 Å². The van der Waals surface area contributed by atoms with Crippen LogP contribution in [-0.4, -0.2) is 20.6 Å². The van der Waals surface area contributed by atoms with E-state index in [1.54, 1.807) is 6.92 Å². The van der Waals surface area contributed by atoms with Gasteiger partial charge in [-0.15, -0.1) is 11.3 Å². The molecule has 2 rings (SSSR count). The van der Waals surface area contributed by atoms with Gasteiger partial charge in [0.15, 0.2) is 0 Å². The number of alkyl halides is 3. The molecule has 1 aromatic rings. The summed E-state index contributed by atoms with van der Waals surface area (Å²) in [6.45, 7) is 1.67. The second kappa shape index (κ2) is 6.17. The van der Waals surface area contributed by atoms with Crippen molar-refractivity contribution in [2.45, 2.75) is 49.7 Å². The first kappa shape index (κ1) is 17.2. The molecule has 1 aliphatic rings. The maximum atomic E-state index is 12.8. The largest absolute Gasteiger partial charge is 0.391 e. The fourth-order valence-corrected chi connectivity index (χ4v) is 6.27. The fraction of sp³-hybridized carbons (Fsp3) is 0.667. The van der Waals surface area contributed by atoms with Crippen molar-refractivity contribution in [3.63, 3.8) is 0 Å². The van der Waals surface area contributed by atoms with Crippen LogP contribution in [0.2, 0.25) is 0 Å². The van der Waals surface area contributed by atoms with E-state index in [0.29, 0.717) is 21.5 Å². The molecular weight excluding hydrogens is 391 g/mol. The summed E-state index contributed by atoms with van der Waals surface area (Å²) in [4.78, 5) is 0.742. The van der Waals surface area contributed by atoms with E-state index in [1.807, 2.05) is 0 Å². The molecule has 0 saturated heterocycles. The van der Waals surface area contributed by atoms with Gasteiger partial charge in [-0.2, -0.15) is 13.2 Å². The number of halogens is 4. The minimum absolute atomic E-state index is 0.0742. The summed E-state index contributed by atoms with van der Waals surface area (Å²) >= 11 is 4.49. The number of hydrogen-bond donors (Lipinski definition) is 1. The second-order valence-electron chi connectivity index (χ2n) is 5.19. The Balaban J connectivity index is 2.12. The zero-order valence-electron chi connectivity index (χ0n) is 11.2. The Bertz CT molecular complexity index is 613. The summed E-state index contributed by atoms with van der Waals surface area (Å²) < 4.78 is 65.9. The Morgan fingerprint density at radius 2 is 2.05 bits per heavy atom. The molecule has 2 atom stereocenters. The van der Waals surface area contributed by atoms with Crippen LogP contribution < -0.4 is 4.72 Å². The number of nitrogens with one attached hydrogen (secondary N) is 1. The highest BCUT2D eigenvalue weighted by molar-refractivity contribution is 9.11. The first-order chi connectivity index (χ1) is 9.59. The third kappa shape index (κ3) is 4.20. The van der Waals surface area contributed by atoms with Crippen molar-refractivity contribution in [3.05, 3.63) is 14.7 Å². The van der Waals surface area contributed by atoms with Crippen LogP contribution in [0.15, 0.2) is 14.7 Å². The third-order valence-electron chi connectivity index (χ3n) is 3.59. The predicted octanol–water partition coefficient (Wildman–Crippen LogP) is 4.22. The van der Waals surface area contributed by atoms with Crippen molar-refractivity contribution in [1.29, 1.82) is 0 Å². The van der Waals surface area contributed by atoms with Crippen LogP contribution in [0.3, 0.4) is 0 Å². The molecule has 1 aliphatic carbocycles. The van der Waals surface area contributed by atoms with Gasteiger partial charge in [0.2, 0.25) is 10.0 Å². The summed E-state index contributed by atoms with van der Waals surface area (Å²) in [5.41, 5.74) is 0. The number of hydrogen-bond acceptors (Lipinski definition) is 3. The molecule has 1 saturated carbocycles. The molecule has 2 unspecified atom stereocenters. The smallest absolute Gasteiger partial charge is 0.208 e. The number of rotatable bonds is 3. The number of thiophene rings is 1. The molecule has 120 valence electrons. The van der Waals surface area contributed by atoms with Gasteiger partial charge in [0.1, 0.15) is 0 Å². The summed E-state index contributed by atoms with van der Waals surface area (Å²) in [6, 6.07) is 0.820. The topological polar surface area (TPSA) is 46.2 Å². The van der Waals surface area contributed by atoms with Crippen molar-refractivity contribution in [2.24, 2.45) is 5.92 Å². The molecule has 0 spiro atoms. The quantitative estimate of drug-likeness (QED) is 0.817. The predicted molar refractivity (Wildman–Crippen MR) is 78.9 cm³/mol. The minimum atomic E-state index is -4.26. The minimum Gasteiger partial charge on any atom is -0.208 e. The highest BCUT2D eigenvalue weighted by Crippen LogP contribution is 2.38. The van der Waals surface area contributed by atoms with Gasteiger partial charge in [0.25, 0.3) is 0 Å². The van der Waals surface area contributed by atoms with Crippen molar-refractivity contribution >= 4 is 37.3 Å². The molecule has 0 aliphatic heterocycles. The molecule has 9 heteroatoms. The van der Waals surface area contributed by atoms with Crippen molar-refractivity contribution < 1.29 is 21.6 Å². The Morgan fingerprint density at radius 1 is 1.38 bits per heavy atom. The average Bonchev–Trinajstić information content (AvgIpc) is 2.68. The molecule has 0 radical (unpaired) electrons. The Hall–Kier alpha value is -0.120. The van der Waals surface area contributed by atoms with Crippen LogP contribution in [0.25, 0.3) is 0 Å². The Kier molecular flexibility index (Phi) is 5.07. The van der Waals surface area contributed by atoms with E-state index < -0.39 is 28.2 Å². The molecule has 1 heterocycles. The fourth-order valence-electron chi connectivity index (χ4n) is 2.57. The van der Waals surface area contributed by atoms with Gasteiger partial charge in [0, 0.05) is 10.9 Å². The van der Waals surface area contributed by atoms with Gasteiger partial charge < -0.3 is 0 Å². The van der Waals surface area contributed by atoms with E-state index in [-0.39, 0.29) is 17.7 Å². The maximum absolute atomic E-state index is 12.8. The van der Waals surface area contributed by atoms with Crippen LogP contribution in [0, 0.1) is 12.8 Å². The van der Waals surface area contributed by atoms with Crippen LogP contribution in [0.5, 0.6) is 0 Å². The van der Waals surface area contributed by atoms with E-state index in [9.17, 15) is 21.6 Å². The summed E-state index contributed by atoms with van der Waals surface area (Å²) in [5, 5.41) is 0.